The van der Waals surface area contributed by atoms with E-state index in [-0.39, 0.29) is 11.9 Å². The van der Waals surface area contributed by atoms with Gasteiger partial charge in [-0.25, -0.2) is 0 Å². The predicted molar refractivity (Wildman–Crippen MR) is 61.6 cm³/mol. The molecule has 0 aliphatic heterocycles. The van der Waals surface area contributed by atoms with Crippen LogP contribution in [-0.4, -0.2) is 37.0 Å². The van der Waals surface area contributed by atoms with Crippen molar-refractivity contribution >= 4 is 17.7 Å². The first-order valence-corrected chi connectivity index (χ1v) is 6.60. The van der Waals surface area contributed by atoms with Crippen molar-refractivity contribution in [2.75, 3.05) is 25.1 Å². The molecular formula is C10H20N2OS. The van der Waals surface area contributed by atoms with Crippen molar-refractivity contribution in [1.82, 2.24) is 10.6 Å². The molecule has 4 heteroatoms. The van der Waals surface area contributed by atoms with Crippen LogP contribution in [0, 0.1) is 5.92 Å². The molecule has 1 amide bonds. The van der Waals surface area contributed by atoms with Crippen molar-refractivity contribution < 1.29 is 4.79 Å². The van der Waals surface area contributed by atoms with Crippen molar-refractivity contribution in [1.29, 1.82) is 0 Å². The predicted octanol–water partition coefficient (Wildman–Crippen LogP) is 0.854. The zero-order valence-corrected chi connectivity index (χ0v) is 9.82. The van der Waals surface area contributed by atoms with Gasteiger partial charge in [-0.2, -0.15) is 11.8 Å². The summed E-state index contributed by atoms with van der Waals surface area (Å²) in [5, 5.41) is 6.13. The van der Waals surface area contributed by atoms with Crippen LogP contribution in [0.25, 0.3) is 0 Å². The lowest BCUT2D eigenvalue weighted by molar-refractivity contribution is -0.120. The molecular weight excluding hydrogens is 196 g/mol. The number of thioether (sulfide) groups is 1. The monoisotopic (exact) mass is 216 g/mol. The Hall–Kier alpha value is -0.220. The van der Waals surface area contributed by atoms with Crippen LogP contribution in [0.4, 0.5) is 0 Å². The van der Waals surface area contributed by atoms with E-state index in [1.54, 1.807) is 11.8 Å². The molecule has 1 rings (SSSR count). The van der Waals surface area contributed by atoms with Crippen LogP contribution in [0.15, 0.2) is 0 Å². The molecule has 1 atom stereocenters. The van der Waals surface area contributed by atoms with Crippen LogP contribution in [0.3, 0.4) is 0 Å². The largest absolute Gasteiger partial charge is 0.352 e. The Morgan fingerprint density at radius 2 is 2.29 bits per heavy atom. The Labute approximate surface area is 90.4 Å². The summed E-state index contributed by atoms with van der Waals surface area (Å²) >= 11 is 1.76. The van der Waals surface area contributed by atoms with Crippen molar-refractivity contribution in [3.8, 4) is 0 Å². The second kappa shape index (κ2) is 6.30. The van der Waals surface area contributed by atoms with Crippen molar-refractivity contribution in [3.63, 3.8) is 0 Å². The van der Waals surface area contributed by atoms with Gasteiger partial charge in [0.15, 0.2) is 0 Å². The third kappa shape index (κ3) is 5.50. The smallest absolute Gasteiger partial charge is 0.234 e. The fourth-order valence-corrected chi connectivity index (χ4v) is 1.91. The summed E-state index contributed by atoms with van der Waals surface area (Å²) in [5.74, 6) is 1.94. The van der Waals surface area contributed by atoms with Gasteiger partial charge in [0.25, 0.3) is 0 Å². The Morgan fingerprint density at radius 1 is 1.57 bits per heavy atom. The fraction of sp³-hybridized carbons (Fsp3) is 0.900. The summed E-state index contributed by atoms with van der Waals surface area (Å²) in [5.41, 5.74) is 0. The summed E-state index contributed by atoms with van der Waals surface area (Å²) in [7, 11) is 0. The van der Waals surface area contributed by atoms with E-state index in [4.69, 9.17) is 0 Å². The highest BCUT2D eigenvalue weighted by Crippen LogP contribution is 2.27. The molecule has 1 aliphatic carbocycles. The molecule has 0 saturated heterocycles. The summed E-state index contributed by atoms with van der Waals surface area (Å²) in [6.45, 7) is 3.51. The van der Waals surface area contributed by atoms with E-state index in [9.17, 15) is 4.79 Å². The summed E-state index contributed by atoms with van der Waals surface area (Å²) < 4.78 is 0. The van der Waals surface area contributed by atoms with Gasteiger partial charge in [-0.3, -0.25) is 4.79 Å². The molecule has 0 aromatic rings. The average molecular weight is 216 g/mol. The normalized spacial score (nSPS) is 17.9. The number of rotatable bonds is 7. The quantitative estimate of drug-likeness (QED) is 0.663. The number of carbonyl (C=O) groups excluding carboxylic acids is 1. The maximum Gasteiger partial charge on any atom is 0.234 e. The second-order valence-electron chi connectivity index (χ2n) is 4.00. The van der Waals surface area contributed by atoms with Crippen molar-refractivity contribution in [2.45, 2.75) is 25.8 Å². The molecule has 1 saturated carbocycles. The van der Waals surface area contributed by atoms with Crippen LogP contribution in [0.5, 0.6) is 0 Å². The summed E-state index contributed by atoms with van der Waals surface area (Å²) in [4.78, 5) is 11.3. The van der Waals surface area contributed by atoms with Crippen molar-refractivity contribution in [3.05, 3.63) is 0 Å². The van der Waals surface area contributed by atoms with Gasteiger partial charge >= 0.3 is 0 Å². The Balaban J connectivity index is 1.96. The molecule has 3 nitrogen and oxygen atoms in total. The van der Waals surface area contributed by atoms with Gasteiger partial charge in [0.1, 0.15) is 0 Å². The summed E-state index contributed by atoms with van der Waals surface area (Å²) in [6.07, 6.45) is 4.71. The molecule has 1 fully saturated rings. The third-order valence-electron chi connectivity index (χ3n) is 2.24. The molecule has 2 N–H and O–H groups in total. The lowest BCUT2D eigenvalue weighted by Crippen LogP contribution is -2.40. The van der Waals surface area contributed by atoms with E-state index in [0.717, 1.165) is 18.2 Å². The maximum atomic E-state index is 11.3. The van der Waals surface area contributed by atoms with Gasteiger partial charge in [0, 0.05) is 11.8 Å². The highest BCUT2D eigenvalue weighted by Gasteiger charge is 2.20. The number of hydrogen-bond donors (Lipinski definition) is 2. The zero-order chi connectivity index (χ0) is 10.4. The molecule has 1 aliphatic rings. The molecule has 0 aromatic carbocycles. The molecule has 0 spiro atoms. The average Bonchev–Trinajstić information content (AvgIpc) is 2.88. The molecule has 82 valence electrons. The van der Waals surface area contributed by atoms with Crippen LogP contribution >= 0.6 is 11.8 Å². The van der Waals surface area contributed by atoms with Crippen LogP contribution in [-0.2, 0) is 4.79 Å². The fourth-order valence-electron chi connectivity index (χ4n) is 1.33. The molecule has 1 unspecified atom stereocenters. The lowest BCUT2D eigenvalue weighted by Gasteiger charge is -2.12. The van der Waals surface area contributed by atoms with E-state index in [2.05, 4.69) is 10.6 Å². The summed E-state index contributed by atoms with van der Waals surface area (Å²) in [6, 6.07) is 0.278. The van der Waals surface area contributed by atoms with Gasteiger partial charge in [0.2, 0.25) is 5.91 Å². The highest BCUT2D eigenvalue weighted by atomic mass is 32.2. The third-order valence-corrected chi connectivity index (χ3v) is 3.07. The topological polar surface area (TPSA) is 41.1 Å². The first-order valence-electron chi connectivity index (χ1n) is 5.21. The minimum atomic E-state index is 0.118. The van der Waals surface area contributed by atoms with Crippen LogP contribution in [0.1, 0.15) is 19.8 Å². The second-order valence-corrected chi connectivity index (χ2v) is 4.91. The SMILES string of the molecule is CSCC(C)NC(=O)CNCC1CC1. The molecule has 14 heavy (non-hydrogen) atoms. The van der Waals surface area contributed by atoms with Gasteiger partial charge in [-0.05, 0) is 38.5 Å². The van der Waals surface area contributed by atoms with E-state index in [1.165, 1.54) is 12.8 Å². The minimum absolute atomic E-state index is 0.118. The van der Waals surface area contributed by atoms with E-state index in [1.807, 2.05) is 13.2 Å². The Kier molecular flexibility index (Phi) is 5.33. The maximum absolute atomic E-state index is 11.3. The number of carbonyl (C=O) groups is 1. The minimum Gasteiger partial charge on any atom is -0.352 e. The van der Waals surface area contributed by atoms with Gasteiger partial charge in [-0.1, -0.05) is 0 Å². The first-order chi connectivity index (χ1) is 6.72. The standard InChI is InChI=1S/C10H20N2OS/c1-8(7-14-2)12-10(13)6-11-5-9-3-4-9/h8-9,11H,3-7H2,1-2H3,(H,12,13). The molecule has 0 aromatic heterocycles. The van der Waals surface area contributed by atoms with E-state index in [0.29, 0.717) is 6.54 Å². The van der Waals surface area contributed by atoms with Gasteiger partial charge in [0.05, 0.1) is 6.54 Å². The zero-order valence-electron chi connectivity index (χ0n) is 9.01. The van der Waals surface area contributed by atoms with Gasteiger partial charge < -0.3 is 10.6 Å². The lowest BCUT2D eigenvalue weighted by atomic mass is 10.3. The Bertz CT molecular complexity index is 183. The number of hydrogen-bond acceptors (Lipinski definition) is 3. The van der Waals surface area contributed by atoms with E-state index < -0.39 is 0 Å². The van der Waals surface area contributed by atoms with Crippen molar-refractivity contribution in [2.24, 2.45) is 5.92 Å². The number of nitrogens with one attached hydrogen (secondary N) is 2. The molecule has 0 radical (unpaired) electrons. The van der Waals surface area contributed by atoms with Crippen LogP contribution in [0.2, 0.25) is 0 Å². The Morgan fingerprint density at radius 3 is 2.86 bits per heavy atom. The van der Waals surface area contributed by atoms with Crippen LogP contribution < -0.4 is 10.6 Å². The van der Waals surface area contributed by atoms with Gasteiger partial charge in [-0.15, -0.1) is 0 Å². The molecule has 0 heterocycles. The number of amides is 1. The highest BCUT2D eigenvalue weighted by molar-refractivity contribution is 7.98. The first kappa shape index (κ1) is 11.9. The molecule has 0 bridgehead atoms. The van der Waals surface area contributed by atoms with E-state index >= 15 is 0 Å².